The van der Waals surface area contributed by atoms with Gasteiger partial charge in [-0.05, 0) is 55.6 Å². The quantitative estimate of drug-likeness (QED) is 0.0720. The SMILES string of the molecule is CSCCC(NC(=O)C(CC(C)C)NC(=O)C(N)Cc1ccccc1)C(=O)NC(CCCN=C(N)N)C(=O)O. The number of nitrogens with zero attached hydrogens (tertiary/aromatic N) is 1. The van der Waals surface area contributed by atoms with Crippen molar-refractivity contribution in [2.24, 2.45) is 28.1 Å². The molecule has 12 nitrogen and oxygen atoms in total. The second-order valence-electron chi connectivity index (χ2n) is 9.68. The largest absolute Gasteiger partial charge is 0.480 e. The molecule has 0 aliphatic carbocycles. The predicted octanol–water partition coefficient (Wildman–Crippen LogP) is -0.0518. The Morgan fingerprint density at radius 3 is 2.08 bits per heavy atom. The first-order chi connectivity index (χ1) is 18.4. The van der Waals surface area contributed by atoms with Gasteiger partial charge in [0.15, 0.2) is 5.96 Å². The highest BCUT2D eigenvalue weighted by Gasteiger charge is 2.30. The number of amides is 3. The first-order valence-electron chi connectivity index (χ1n) is 12.9. The third-order valence-electron chi connectivity index (χ3n) is 5.78. The van der Waals surface area contributed by atoms with E-state index < -0.39 is 47.9 Å². The van der Waals surface area contributed by atoms with Crippen LogP contribution in [0.3, 0.4) is 0 Å². The number of carbonyl (C=O) groups excluding carboxylic acids is 3. The van der Waals surface area contributed by atoms with Crippen molar-refractivity contribution in [2.75, 3.05) is 18.6 Å². The molecule has 4 unspecified atom stereocenters. The number of rotatable bonds is 18. The summed E-state index contributed by atoms with van der Waals surface area (Å²) in [5, 5.41) is 17.5. The highest BCUT2D eigenvalue weighted by molar-refractivity contribution is 7.98. The summed E-state index contributed by atoms with van der Waals surface area (Å²) in [4.78, 5) is 54.7. The maximum atomic E-state index is 13.3. The summed E-state index contributed by atoms with van der Waals surface area (Å²) in [5.41, 5.74) is 17.6. The second kappa shape index (κ2) is 18.1. The Morgan fingerprint density at radius 2 is 1.51 bits per heavy atom. The van der Waals surface area contributed by atoms with Crippen LogP contribution in [-0.2, 0) is 25.6 Å². The topological polar surface area (TPSA) is 215 Å². The van der Waals surface area contributed by atoms with Crippen LogP contribution in [0, 0.1) is 5.92 Å². The van der Waals surface area contributed by atoms with Crippen molar-refractivity contribution < 1.29 is 24.3 Å². The zero-order valence-electron chi connectivity index (χ0n) is 22.9. The number of nitrogens with one attached hydrogen (secondary N) is 3. The number of carbonyl (C=O) groups is 4. The van der Waals surface area contributed by atoms with E-state index in [4.69, 9.17) is 17.2 Å². The molecule has 0 aliphatic rings. The minimum absolute atomic E-state index is 0.0616. The smallest absolute Gasteiger partial charge is 0.326 e. The second-order valence-corrected chi connectivity index (χ2v) is 10.7. The lowest BCUT2D eigenvalue weighted by molar-refractivity contribution is -0.142. The molecule has 13 heteroatoms. The number of hydrogen-bond donors (Lipinski definition) is 7. The summed E-state index contributed by atoms with van der Waals surface area (Å²) in [5.74, 6) is -2.34. The van der Waals surface area contributed by atoms with Gasteiger partial charge in [-0.1, -0.05) is 44.2 Å². The number of carboxylic acid groups (broad SMARTS) is 1. The number of aliphatic carboxylic acids is 1. The van der Waals surface area contributed by atoms with E-state index in [1.165, 1.54) is 11.8 Å². The predicted molar refractivity (Wildman–Crippen MR) is 154 cm³/mol. The summed E-state index contributed by atoms with van der Waals surface area (Å²) in [6.07, 6.45) is 3.21. The Labute approximate surface area is 234 Å². The summed E-state index contributed by atoms with van der Waals surface area (Å²) in [6.45, 7) is 4.04. The van der Waals surface area contributed by atoms with Crippen LogP contribution < -0.4 is 33.2 Å². The lowest BCUT2D eigenvalue weighted by Crippen LogP contribution is -2.57. The highest BCUT2D eigenvalue weighted by atomic mass is 32.2. The Bertz CT molecular complexity index is 957. The van der Waals surface area contributed by atoms with Crippen molar-refractivity contribution in [2.45, 2.75) is 70.1 Å². The molecule has 4 atom stereocenters. The van der Waals surface area contributed by atoms with E-state index in [2.05, 4.69) is 20.9 Å². The molecule has 1 rings (SSSR count). The van der Waals surface area contributed by atoms with Crippen molar-refractivity contribution in [1.82, 2.24) is 16.0 Å². The maximum absolute atomic E-state index is 13.3. The lowest BCUT2D eigenvalue weighted by Gasteiger charge is -2.26. The van der Waals surface area contributed by atoms with E-state index in [1.54, 1.807) is 0 Å². The van der Waals surface area contributed by atoms with Gasteiger partial charge in [-0.15, -0.1) is 0 Å². The normalized spacial score (nSPS) is 14.0. The third-order valence-corrected chi connectivity index (χ3v) is 6.42. The monoisotopic (exact) mass is 565 g/mol. The van der Waals surface area contributed by atoms with E-state index in [0.29, 0.717) is 25.0 Å². The molecular formula is C26H43N7O5S. The van der Waals surface area contributed by atoms with Crippen LogP contribution in [0.15, 0.2) is 35.3 Å². The third kappa shape index (κ3) is 13.9. The van der Waals surface area contributed by atoms with Crippen LogP contribution in [0.25, 0.3) is 0 Å². The van der Waals surface area contributed by atoms with Gasteiger partial charge in [-0.3, -0.25) is 19.4 Å². The molecule has 0 fully saturated rings. The molecule has 0 saturated heterocycles. The summed E-state index contributed by atoms with van der Waals surface area (Å²) >= 11 is 1.48. The fourth-order valence-electron chi connectivity index (χ4n) is 3.75. The van der Waals surface area contributed by atoms with Crippen LogP contribution in [-0.4, -0.2) is 77.5 Å². The fourth-order valence-corrected chi connectivity index (χ4v) is 4.22. The van der Waals surface area contributed by atoms with Gasteiger partial charge in [0.2, 0.25) is 17.7 Å². The number of nitrogens with two attached hydrogens (primary N) is 3. The van der Waals surface area contributed by atoms with Crippen LogP contribution in [0.1, 0.15) is 45.1 Å². The first kappa shape index (κ1) is 33.7. The molecule has 0 aliphatic heterocycles. The van der Waals surface area contributed by atoms with Crippen molar-refractivity contribution in [3.63, 3.8) is 0 Å². The molecule has 218 valence electrons. The molecule has 0 heterocycles. The van der Waals surface area contributed by atoms with E-state index in [-0.39, 0.29) is 31.3 Å². The lowest BCUT2D eigenvalue weighted by atomic mass is 10.0. The number of hydrogen-bond acceptors (Lipinski definition) is 7. The Hall–Kier alpha value is -3.32. The molecular weight excluding hydrogens is 522 g/mol. The molecule has 1 aromatic carbocycles. The van der Waals surface area contributed by atoms with Crippen LogP contribution in [0.4, 0.5) is 0 Å². The van der Waals surface area contributed by atoms with Gasteiger partial charge < -0.3 is 38.3 Å². The zero-order valence-corrected chi connectivity index (χ0v) is 23.7. The van der Waals surface area contributed by atoms with Crippen LogP contribution in [0.2, 0.25) is 0 Å². The average Bonchev–Trinajstić information content (AvgIpc) is 2.87. The zero-order chi connectivity index (χ0) is 29.4. The molecule has 0 aromatic heterocycles. The molecule has 10 N–H and O–H groups in total. The van der Waals surface area contributed by atoms with Gasteiger partial charge >= 0.3 is 5.97 Å². The minimum Gasteiger partial charge on any atom is -0.480 e. The van der Waals surface area contributed by atoms with Crippen molar-refractivity contribution in [1.29, 1.82) is 0 Å². The molecule has 3 amide bonds. The van der Waals surface area contributed by atoms with Gasteiger partial charge in [0, 0.05) is 6.54 Å². The minimum atomic E-state index is -1.21. The van der Waals surface area contributed by atoms with E-state index in [0.717, 1.165) is 5.56 Å². The Morgan fingerprint density at radius 1 is 0.923 bits per heavy atom. The molecule has 0 spiro atoms. The molecule has 1 aromatic rings. The number of aliphatic imine (C=N–C) groups is 1. The van der Waals surface area contributed by atoms with Crippen molar-refractivity contribution in [3.8, 4) is 0 Å². The fraction of sp³-hybridized carbons (Fsp3) is 0.577. The van der Waals surface area contributed by atoms with Gasteiger partial charge in [0.1, 0.15) is 18.1 Å². The molecule has 0 bridgehead atoms. The first-order valence-corrected chi connectivity index (χ1v) is 14.3. The summed E-state index contributed by atoms with van der Waals surface area (Å²) < 4.78 is 0. The summed E-state index contributed by atoms with van der Waals surface area (Å²) in [6, 6.07) is 5.36. The van der Waals surface area contributed by atoms with Crippen LogP contribution in [0.5, 0.6) is 0 Å². The van der Waals surface area contributed by atoms with E-state index in [9.17, 15) is 24.3 Å². The van der Waals surface area contributed by atoms with Gasteiger partial charge in [0.25, 0.3) is 0 Å². The number of carboxylic acids is 1. The maximum Gasteiger partial charge on any atom is 0.326 e. The van der Waals surface area contributed by atoms with Crippen molar-refractivity contribution in [3.05, 3.63) is 35.9 Å². The van der Waals surface area contributed by atoms with Gasteiger partial charge in [0.05, 0.1) is 6.04 Å². The number of benzene rings is 1. The van der Waals surface area contributed by atoms with E-state index in [1.807, 2.05) is 50.4 Å². The highest BCUT2D eigenvalue weighted by Crippen LogP contribution is 2.09. The molecule has 39 heavy (non-hydrogen) atoms. The van der Waals surface area contributed by atoms with Gasteiger partial charge in [-0.25, -0.2) is 4.79 Å². The van der Waals surface area contributed by atoms with Crippen LogP contribution >= 0.6 is 11.8 Å². The molecule has 0 radical (unpaired) electrons. The van der Waals surface area contributed by atoms with Gasteiger partial charge in [-0.2, -0.15) is 11.8 Å². The Balaban J connectivity index is 2.91. The molecule has 0 saturated carbocycles. The average molecular weight is 566 g/mol. The standard InChI is InChI=1S/C26H43N7O5S/c1-16(2)14-21(33-22(34)18(27)15-17-8-5-4-6-9-17)24(36)31-19(11-13-39-3)23(35)32-20(25(37)38)10-7-12-30-26(28)29/h4-6,8-9,16,18-21H,7,10-15,27H2,1-3H3,(H,31,36)(H,32,35)(H,33,34)(H,37,38)(H4,28,29,30). The van der Waals surface area contributed by atoms with Crippen molar-refractivity contribution >= 4 is 41.4 Å². The Kier molecular flexibility index (Phi) is 15.6. The number of thioether (sulfide) groups is 1. The van der Waals surface area contributed by atoms with E-state index >= 15 is 0 Å². The summed E-state index contributed by atoms with van der Waals surface area (Å²) in [7, 11) is 0. The number of guanidine groups is 1.